The van der Waals surface area contributed by atoms with Crippen LogP contribution in [0.5, 0.6) is 0 Å². The zero-order chi connectivity index (χ0) is 17.8. The molecule has 4 rings (SSSR count). The lowest BCUT2D eigenvalue weighted by atomic mass is 9.97. The average Bonchev–Trinajstić information content (AvgIpc) is 3.39. The first-order valence-electron chi connectivity index (χ1n) is 10.1. The monoisotopic (exact) mass is 347 g/mol. The van der Waals surface area contributed by atoms with Gasteiger partial charge in [-0.15, -0.1) is 0 Å². The molecule has 0 bridgehead atoms. The van der Waals surface area contributed by atoms with Gasteiger partial charge in [0.1, 0.15) is 5.82 Å². The summed E-state index contributed by atoms with van der Waals surface area (Å²) in [7, 11) is 0. The SMILES string of the molecule is NC(CCCCC1CC1)CCc1ccccc1-c1nc2ccccc2[nH]1. The molecule has 1 aliphatic rings. The van der Waals surface area contributed by atoms with Crippen molar-refractivity contribution in [2.24, 2.45) is 11.7 Å². The van der Waals surface area contributed by atoms with Gasteiger partial charge in [0, 0.05) is 11.6 Å². The standard InChI is InChI=1S/C23H29N3/c24-19(9-3-1-7-17-13-14-17)16-15-18-8-2-4-10-20(18)23-25-21-11-5-6-12-22(21)26-23/h2,4-6,8,10-12,17,19H,1,3,7,9,13-16,24H2,(H,25,26). The molecule has 3 nitrogen and oxygen atoms in total. The zero-order valence-electron chi connectivity index (χ0n) is 15.5. The Labute approximate surface area is 156 Å². The van der Waals surface area contributed by atoms with Crippen molar-refractivity contribution in [2.75, 3.05) is 0 Å². The number of para-hydroxylation sites is 2. The molecule has 1 saturated carbocycles. The van der Waals surface area contributed by atoms with Crippen LogP contribution in [-0.2, 0) is 6.42 Å². The van der Waals surface area contributed by atoms with E-state index in [1.54, 1.807) is 0 Å². The molecule has 1 fully saturated rings. The number of aromatic nitrogens is 2. The Kier molecular flexibility index (Phi) is 5.35. The number of aryl methyl sites for hydroxylation is 1. The summed E-state index contributed by atoms with van der Waals surface area (Å²) in [5, 5.41) is 0. The van der Waals surface area contributed by atoms with E-state index in [1.807, 2.05) is 12.1 Å². The molecule has 0 spiro atoms. The fourth-order valence-electron chi connectivity index (χ4n) is 3.78. The van der Waals surface area contributed by atoms with Gasteiger partial charge in [0.15, 0.2) is 0 Å². The van der Waals surface area contributed by atoms with E-state index in [9.17, 15) is 0 Å². The number of nitrogens with zero attached hydrogens (tertiary/aromatic N) is 1. The second-order valence-corrected chi connectivity index (χ2v) is 7.79. The Morgan fingerprint density at radius 3 is 2.65 bits per heavy atom. The summed E-state index contributed by atoms with van der Waals surface area (Å²) >= 11 is 0. The molecule has 3 N–H and O–H groups in total. The molecule has 1 aromatic heterocycles. The van der Waals surface area contributed by atoms with Gasteiger partial charge in [-0.2, -0.15) is 0 Å². The minimum Gasteiger partial charge on any atom is -0.338 e. The summed E-state index contributed by atoms with van der Waals surface area (Å²) in [6.45, 7) is 0. The van der Waals surface area contributed by atoms with Crippen LogP contribution in [0.25, 0.3) is 22.4 Å². The van der Waals surface area contributed by atoms with Crippen LogP contribution < -0.4 is 5.73 Å². The van der Waals surface area contributed by atoms with Gasteiger partial charge < -0.3 is 10.7 Å². The van der Waals surface area contributed by atoms with E-state index in [1.165, 1.54) is 43.2 Å². The highest BCUT2D eigenvalue weighted by Gasteiger charge is 2.20. The molecule has 1 unspecified atom stereocenters. The number of fused-ring (bicyclic) bond motifs is 1. The van der Waals surface area contributed by atoms with E-state index < -0.39 is 0 Å². The molecule has 2 aromatic carbocycles. The largest absolute Gasteiger partial charge is 0.338 e. The highest BCUT2D eigenvalue weighted by atomic mass is 14.9. The van der Waals surface area contributed by atoms with Crippen LogP contribution in [0, 0.1) is 5.92 Å². The number of hydrogen-bond acceptors (Lipinski definition) is 2. The van der Waals surface area contributed by atoms with Crippen LogP contribution >= 0.6 is 0 Å². The molecule has 0 radical (unpaired) electrons. The molecular weight excluding hydrogens is 318 g/mol. The minimum absolute atomic E-state index is 0.304. The third-order valence-electron chi connectivity index (χ3n) is 5.58. The van der Waals surface area contributed by atoms with Gasteiger partial charge in [0.2, 0.25) is 0 Å². The summed E-state index contributed by atoms with van der Waals surface area (Å²) in [4.78, 5) is 8.22. The summed E-state index contributed by atoms with van der Waals surface area (Å²) in [5.74, 6) is 2.00. The van der Waals surface area contributed by atoms with Gasteiger partial charge >= 0.3 is 0 Å². The number of H-pyrrole nitrogens is 1. The molecule has 3 aromatic rings. The van der Waals surface area contributed by atoms with Crippen LogP contribution in [-0.4, -0.2) is 16.0 Å². The number of aromatic amines is 1. The first kappa shape index (κ1) is 17.3. The normalized spacial score (nSPS) is 15.4. The Bertz CT molecular complexity index is 814. The van der Waals surface area contributed by atoms with Crippen molar-refractivity contribution in [3.8, 4) is 11.4 Å². The van der Waals surface area contributed by atoms with Crippen molar-refractivity contribution in [1.82, 2.24) is 9.97 Å². The van der Waals surface area contributed by atoms with Gasteiger partial charge in [-0.3, -0.25) is 0 Å². The van der Waals surface area contributed by atoms with Crippen molar-refractivity contribution in [3.05, 3.63) is 54.1 Å². The lowest BCUT2D eigenvalue weighted by molar-refractivity contribution is 0.513. The van der Waals surface area contributed by atoms with Gasteiger partial charge in [-0.25, -0.2) is 4.98 Å². The molecule has 26 heavy (non-hydrogen) atoms. The number of benzene rings is 2. The van der Waals surface area contributed by atoms with Crippen molar-refractivity contribution < 1.29 is 0 Å². The molecule has 3 heteroatoms. The van der Waals surface area contributed by atoms with Crippen LogP contribution in [0.2, 0.25) is 0 Å². The predicted octanol–water partition coefficient (Wildman–Crippen LogP) is 5.46. The van der Waals surface area contributed by atoms with Gasteiger partial charge in [-0.1, -0.05) is 68.5 Å². The Morgan fingerprint density at radius 2 is 1.81 bits per heavy atom. The smallest absolute Gasteiger partial charge is 0.138 e. The quantitative estimate of drug-likeness (QED) is 0.505. The van der Waals surface area contributed by atoms with E-state index in [-0.39, 0.29) is 0 Å². The van der Waals surface area contributed by atoms with Crippen molar-refractivity contribution in [2.45, 2.75) is 57.4 Å². The first-order chi connectivity index (χ1) is 12.8. The van der Waals surface area contributed by atoms with E-state index in [0.29, 0.717) is 6.04 Å². The molecular formula is C23H29N3. The first-order valence-corrected chi connectivity index (χ1v) is 10.1. The van der Waals surface area contributed by atoms with Gasteiger partial charge in [0.05, 0.1) is 11.0 Å². The van der Waals surface area contributed by atoms with Crippen molar-refractivity contribution in [1.29, 1.82) is 0 Å². The Hall–Kier alpha value is -2.13. The summed E-state index contributed by atoms with van der Waals surface area (Å²) in [6, 6.07) is 17.1. The second kappa shape index (κ2) is 8.05. The van der Waals surface area contributed by atoms with Crippen LogP contribution in [0.4, 0.5) is 0 Å². The lowest BCUT2D eigenvalue weighted by Gasteiger charge is -2.13. The number of unbranched alkanes of at least 4 members (excludes halogenated alkanes) is 1. The van der Waals surface area contributed by atoms with Crippen molar-refractivity contribution >= 4 is 11.0 Å². The lowest BCUT2D eigenvalue weighted by Crippen LogP contribution is -2.20. The molecule has 0 amide bonds. The fourth-order valence-corrected chi connectivity index (χ4v) is 3.78. The number of rotatable bonds is 9. The third kappa shape index (κ3) is 4.34. The van der Waals surface area contributed by atoms with Gasteiger partial charge in [0.25, 0.3) is 0 Å². The summed E-state index contributed by atoms with van der Waals surface area (Å²) in [6.07, 6.45) is 10.2. The summed E-state index contributed by atoms with van der Waals surface area (Å²) in [5.41, 5.74) is 11.0. The number of nitrogens with two attached hydrogens (primary N) is 1. The Morgan fingerprint density at radius 1 is 1.00 bits per heavy atom. The molecule has 1 heterocycles. The van der Waals surface area contributed by atoms with Crippen molar-refractivity contribution in [3.63, 3.8) is 0 Å². The average molecular weight is 348 g/mol. The number of hydrogen-bond donors (Lipinski definition) is 2. The van der Waals surface area contributed by atoms with Crippen LogP contribution in [0.15, 0.2) is 48.5 Å². The maximum atomic E-state index is 6.38. The second-order valence-electron chi connectivity index (χ2n) is 7.79. The molecule has 1 atom stereocenters. The highest BCUT2D eigenvalue weighted by Crippen LogP contribution is 2.34. The van der Waals surface area contributed by atoms with E-state index >= 15 is 0 Å². The third-order valence-corrected chi connectivity index (χ3v) is 5.58. The van der Waals surface area contributed by atoms with Crippen LogP contribution in [0.1, 0.15) is 50.5 Å². The number of nitrogens with one attached hydrogen (secondary N) is 1. The molecule has 0 aliphatic heterocycles. The Balaban J connectivity index is 1.37. The van der Waals surface area contributed by atoms with E-state index in [0.717, 1.165) is 42.0 Å². The maximum absolute atomic E-state index is 6.38. The van der Waals surface area contributed by atoms with Crippen LogP contribution in [0.3, 0.4) is 0 Å². The molecule has 0 saturated heterocycles. The topological polar surface area (TPSA) is 54.7 Å². The highest BCUT2D eigenvalue weighted by molar-refractivity contribution is 5.79. The summed E-state index contributed by atoms with van der Waals surface area (Å²) < 4.78 is 0. The molecule has 1 aliphatic carbocycles. The van der Waals surface area contributed by atoms with Gasteiger partial charge in [-0.05, 0) is 42.9 Å². The molecule has 136 valence electrons. The maximum Gasteiger partial charge on any atom is 0.138 e. The van der Waals surface area contributed by atoms with E-state index in [4.69, 9.17) is 10.7 Å². The zero-order valence-corrected chi connectivity index (χ0v) is 15.5. The number of imidazole rings is 1. The fraction of sp³-hybridized carbons (Fsp3) is 0.435. The predicted molar refractivity (Wildman–Crippen MR) is 109 cm³/mol. The van der Waals surface area contributed by atoms with E-state index in [2.05, 4.69) is 41.4 Å². The minimum atomic E-state index is 0.304.